The maximum absolute atomic E-state index is 11.7. The summed E-state index contributed by atoms with van der Waals surface area (Å²) in [7, 11) is 0. The summed E-state index contributed by atoms with van der Waals surface area (Å²) in [5.74, 6) is -0.0514. The number of rotatable bonds is 2. The molecule has 1 aromatic carbocycles. The predicted molar refractivity (Wildman–Crippen MR) is 62.7 cm³/mol. The third-order valence-electron chi connectivity index (χ3n) is 2.19. The van der Waals surface area contributed by atoms with E-state index in [0.717, 1.165) is 5.56 Å². The molecule has 0 fully saturated rings. The Morgan fingerprint density at radius 2 is 1.56 bits per heavy atom. The van der Waals surface area contributed by atoms with Crippen molar-refractivity contribution in [3.8, 4) is 0 Å². The highest BCUT2D eigenvalue weighted by Gasteiger charge is 2.06. The van der Waals surface area contributed by atoms with Crippen molar-refractivity contribution >= 4 is 12.0 Å². The molecule has 0 bridgehead atoms. The van der Waals surface area contributed by atoms with Crippen molar-refractivity contribution in [1.82, 2.24) is 0 Å². The molecule has 2 heteroatoms. The Balaban J connectivity index is 2.12. The van der Waals surface area contributed by atoms with Gasteiger partial charge in [0.2, 0.25) is 0 Å². The lowest BCUT2D eigenvalue weighted by Gasteiger charge is -1.90. The molecule has 0 spiro atoms. The average molecular weight is 210 g/mol. The Kier molecular flexibility index (Phi) is 3.24. The van der Waals surface area contributed by atoms with Crippen LogP contribution in [-0.4, -0.2) is 5.91 Å². The van der Waals surface area contributed by atoms with Gasteiger partial charge in [0.1, 0.15) is 0 Å². The molecule has 2 aromatic rings. The number of nitrogens with zero attached hydrogens (tertiary/aromatic N) is 1. The van der Waals surface area contributed by atoms with Crippen molar-refractivity contribution in [3.05, 3.63) is 72.6 Å². The van der Waals surface area contributed by atoms with Crippen molar-refractivity contribution in [2.24, 2.45) is 0 Å². The maximum atomic E-state index is 11.7. The Hall–Kier alpha value is -2.22. The highest BCUT2D eigenvalue weighted by atomic mass is 16.1. The monoisotopic (exact) mass is 210 g/mol. The fraction of sp³-hybridized carbons (Fsp3) is 0. The topological polar surface area (TPSA) is 20.9 Å². The van der Waals surface area contributed by atoms with Crippen LogP contribution in [0.25, 0.3) is 6.08 Å². The molecule has 0 aliphatic carbocycles. The van der Waals surface area contributed by atoms with Gasteiger partial charge in [-0.2, -0.15) is 0 Å². The van der Waals surface area contributed by atoms with Crippen LogP contribution in [0.3, 0.4) is 0 Å². The van der Waals surface area contributed by atoms with Gasteiger partial charge < -0.3 is 0 Å². The second-order valence-corrected chi connectivity index (χ2v) is 3.37. The van der Waals surface area contributed by atoms with Gasteiger partial charge in [0.05, 0.1) is 6.08 Å². The third-order valence-corrected chi connectivity index (χ3v) is 2.19. The smallest absolute Gasteiger partial charge is 0.214 e. The number of hydrogen-bond acceptors (Lipinski definition) is 1. The van der Waals surface area contributed by atoms with Gasteiger partial charge in [-0.25, -0.2) is 4.79 Å². The summed E-state index contributed by atoms with van der Waals surface area (Å²) in [6.07, 6.45) is 6.84. The Morgan fingerprint density at radius 3 is 2.25 bits per heavy atom. The maximum Gasteiger partial charge on any atom is 0.417 e. The molecule has 0 N–H and O–H groups in total. The minimum atomic E-state index is -0.0514. The van der Waals surface area contributed by atoms with E-state index in [2.05, 4.69) is 0 Å². The van der Waals surface area contributed by atoms with E-state index in [0.29, 0.717) is 0 Å². The van der Waals surface area contributed by atoms with E-state index in [1.807, 2.05) is 54.6 Å². The van der Waals surface area contributed by atoms with Gasteiger partial charge in [0.15, 0.2) is 12.4 Å². The zero-order valence-electron chi connectivity index (χ0n) is 8.78. The second-order valence-electron chi connectivity index (χ2n) is 3.37. The highest BCUT2D eigenvalue weighted by Crippen LogP contribution is 2.00. The molecule has 1 aromatic heterocycles. The lowest BCUT2D eigenvalue weighted by molar-refractivity contribution is -0.570. The first-order valence-electron chi connectivity index (χ1n) is 5.10. The van der Waals surface area contributed by atoms with E-state index in [1.54, 1.807) is 23.0 Å². The van der Waals surface area contributed by atoms with Crippen LogP contribution >= 0.6 is 0 Å². The minimum absolute atomic E-state index is 0.0514. The minimum Gasteiger partial charge on any atom is -0.214 e. The molecule has 0 atom stereocenters. The fourth-order valence-corrected chi connectivity index (χ4v) is 1.36. The predicted octanol–water partition coefficient (Wildman–Crippen LogP) is 2.33. The normalized spacial score (nSPS) is 10.5. The van der Waals surface area contributed by atoms with E-state index in [-0.39, 0.29) is 5.91 Å². The van der Waals surface area contributed by atoms with Crippen molar-refractivity contribution in [2.45, 2.75) is 0 Å². The van der Waals surface area contributed by atoms with Gasteiger partial charge in [-0.15, -0.1) is 4.57 Å². The second kappa shape index (κ2) is 5.03. The molecule has 0 radical (unpaired) electrons. The van der Waals surface area contributed by atoms with E-state index in [4.69, 9.17) is 0 Å². The zero-order valence-corrected chi connectivity index (χ0v) is 8.78. The van der Waals surface area contributed by atoms with Gasteiger partial charge in [0.25, 0.3) is 0 Å². The molecule has 0 amide bonds. The Bertz CT molecular complexity index is 489. The highest BCUT2D eigenvalue weighted by molar-refractivity contribution is 5.84. The van der Waals surface area contributed by atoms with Crippen LogP contribution in [0.4, 0.5) is 0 Å². The van der Waals surface area contributed by atoms with E-state index in [1.165, 1.54) is 0 Å². The summed E-state index contributed by atoms with van der Waals surface area (Å²) >= 11 is 0. The molecule has 0 saturated heterocycles. The first kappa shape index (κ1) is 10.3. The molecular formula is C14H12NO+. The summed E-state index contributed by atoms with van der Waals surface area (Å²) in [5, 5.41) is 0. The summed E-state index contributed by atoms with van der Waals surface area (Å²) < 4.78 is 1.54. The Labute approximate surface area is 94.5 Å². The van der Waals surface area contributed by atoms with E-state index in [9.17, 15) is 4.79 Å². The van der Waals surface area contributed by atoms with Crippen LogP contribution in [-0.2, 0) is 0 Å². The number of aromatic nitrogens is 1. The van der Waals surface area contributed by atoms with Gasteiger partial charge in [0, 0.05) is 12.1 Å². The van der Waals surface area contributed by atoms with Crippen LogP contribution in [0, 0.1) is 0 Å². The van der Waals surface area contributed by atoms with Crippen LogP contribution in [0.5, 0.6) is 0 Å². The molecular weight excluding hydrogens is 198 g/mol. The van der Waals surface area contributed by atoms with E-state index >= 15 is 0 Å². The fourth-order valence-electron chi connectivity index (χ4n) is 1.36. The quantitative estimate of drug-likeness (QED) is 0.550. The Morgan fingerprint density at radius 1 is 0.938 bits per heavy atom. The van der Waals surface area contributed by atoms with Crippen molar-refractivity contribution in [1.29, 1.82) is 0 Å². The van der Waals surface area contributed by atoms with Gasteiger partial charge in [-0.3, -0.25) is 0 Å². The van der Waals surface area contributed by atoms with Crippen LogP contribution in [0.2, 0.25) is 0 Å². The number of benzene rings is 1. The molecule has 1 heterocycles. The molecule has 16 heavy (non-hydrogen) atoms. The first-order valence-corrected chi connectivity index (χ1v) is 5.10. The molecule has 0 aliphatic heterocycles. The number of allylic oxidation sites excluding steroid dienone is 1. The van der Waals surface area contributed by atoms with Gasteiger partial charge in [-0.1, -0.05) is 36.4 Å². The molecule has 0 unspecified atom stereocenters. The molecule has 2 nitrogen and oxygen atoms in total. The van der Waals surface area contributed by atoms with Crippen LogP contribution in [0.1, 0.15) is 10.4 Å². The zero-order chi connectivity index (χ0) is 11.2. The number of carbonyl (C=O) groups is 1. The third kappa shape index (κ3) is 2.64. The summed E-state index contributed by atoms with van der Waals surface area (Å²) in [4.78, 5) is 11.7. The SMILES string of the molecule is O=C(/C=C/c1ccccc1)[n+]1ccccc1. The molecule has 0 saturated carbocycles. The van der Waals surface area contributed by atoms with Crippen molar-refractivity contribution in [2.75, 3.05) is 0 Å². The lowest BCUT2D eigenvalue weighted by Crippen LogP contribution is -2.39. The van der Waals surface area contributed by atoms with E-state index < -0.39 is 0 Å². The first-order chi connectivity index (χ1) is 7.86. The standard InChI is InChI=1S/C14H12NO/c16-14(15-11-5-2-6-12-15)10-9-13-7-3-1-4-8-13/h1-12H/q+1/b10-9+. The van der Waals surface area contributed by atoms with Crippen molar-refractivity contribution < 1.29 is 9.36 Å². The molecule has 0 aliphatic rings. The number of hydrogen-bond donors (Lipinski definition) is 0. The number of carbonyl (C=O) groups excluding carboxylic acids is 1. The summed E-state index contributed by atoms with van der Waals surface area (Å²) in [6.45, 7) is 0. The van der Waals surface area contributed by atoms with Crippen molar-refractivity contribution in [3.63, 3.8) is 0 Å². The number of pyridine rings is 1. The molecule has 2 rings (SSSR count). The van der Waals surface area contributed by atoms with Gasteiger partial charge in [-0.05, 0) is 11.6 Å². The summed E-state index contributed by atoms with van der Waals surface area (Å²) in [6, 6.07) is 15.3. The molecule has 78 valence electrons. The lowest BCUT2D eigenvalue weighted by atomic mass is 10.2. The van der Waals surface area contributed by atoms with Crippen LogP contribution in [0.15, 0.2) is 67.0 Å². The average Bonchev–Trinajstić information content (AvgIpc) is 2.38. The summed E-state index contributed by atoms with van der Waals surface area (Å²) in [5.41, 5.74) is 1.02. The largest absolute Gasteiger partial charge is 0.417 e. The van der Waals surface area contributed by atoms with Crippen LogP contribution < -0.4 is 4.57 Å². The van der Waals surface area contributed by atoms with Gasteiger partial charge >= 0.3 is 5.91 Å².